The number of nitrogens with zero attached hydrogens (tertiary/aromatic N) is 1. The maximum Gasteiger partial charge on any atom is 0.338 e. The topological polar surface area (TPSA) is 120 Å². The number of nitro benzene ring substituents is 1. The number of nitro groups is 1. The molecular formula is C18H19N3O6. The largest absolute Gasteiger partial charge is 0.492 e. The number of esters is 1. The number of hydrogen-bond acceptors (Lipinski definition) is 7. The van der Waals surface area contributed by atoms with Crippen molar-refractivity contribution in [3.8, 4) is 5.75 Å². The van der Waals surface area contributed by atoms with Crippen molar-refractivity contribution in [2.45, 2.75) is 6.92 Å². The van der Waals surface area contributed by atoms with Crippen LogP contribution in [0.2, 0.25) is 0 Å². The van der Waals surface area contributed by atoms with E-state index in [1.807, 2.05) is 6.92 Å². The van der Waals surface area contributed by atoms with Gasteiger partial charge in [-0.05, 0) is 31.2 Å². The molecular weight excluding hydrogens is 354 g/mol. The molecule has 142 valence electrons. The minimum Gasteiger partial charge on any atom is -0.492 e. The summed E-state index contributed by atoms with van der Waals surface area (Å²) in [6.07, 6.45) is 0. The van der Waals surface area contributed by atoms with E-state index in [4.69, 9.17) is 9.47 Å². The second kappa shape index (κ2) is 9.18. The van der Waals surface area contributed by atoms with Crippen molar-refractivity contribution in [2.75, 3.05) is 30.9 Å². The van der Waals surface area contributed by atoms with Gasteiger partial charge in [0, 0.05) is 13.1 Å². The summed E-state index contributed by atoms with van der Waals surface area (Å²) in [4.78, 5) is 34.5. The molecule has 0 aliphatic heterocycles. The highest BCUT2D eigenvalue weighted by molar-refractivity contribution is 5.96. The Hall–Kier alpha value is -3.62. The maximum absolute atomic E-state index is 12.1. The van der Waals surface area contributed by atoms with Crippen LogP contribution in [0.25, 0.3) is 0 Å². The van der Waals surface area contributed by atoms with E-state index in [-0.39, 0.29) is 16.9 Å². The van der Waals surface area contributed by atoms with Gasteiger partial charge in [0.2, 0.25) is 0 Å². The number of rotatable bonds is 8. The molecule has 0 heterocycles. The molecule has 27 heavy (non-hydrogen) atoms. The van der Waals surface area contributed by atoms with E-state index in [0.29, 0.717) is 18.0 Å². The van der Waals surface area contributed by atoms with Gasteiger partial charge < -0.3 is 20.1 Å². The van der Waals surface area contributed by atoms with Crippen molar-refractivity contribution in [1.82, 2.24) is 0 Å². The summed E-state index contributed by atoms with van der Waals surface area (Å²) in [5, 5.41) is 16.3. The summed E-state index contributed by atoms with van der Waals surface area (Å²) in [7, 11) is 1.53. The van der Waals surface area contributed by atoms with E-state index in [2.05, 4.69) is 10.6 Å². The molecule has 9 nitrogen and oxygen atoms in total. The number of carbonyl (C=O) groups excluding carboxylic acids is 2. The summed E-state index contributed by atoms with van der Waals surface area (Å²) >= 11 is 0. The zero-order valence-corrected chi connectivity index (χ0v) is 14.9. The van der Waals surface area contributed by atoms with Gasteiger partial charge in [0.05, 0.1) is 22.8 Å². The van der Waals surface area contributed by atoms with E-state index in [1.54, 1.807) is 24.3 Å². The third-order valence-corrected chi connectivity index (χ3v) is 3.49. The molecule has 0 aliphatic carbocycles. The lowest BCUT2D eigenvalue weighted by atomic mass is 10.1. The molecule has 0 fully saturated rings. The van der Waals surface area contributed by atoms with Gasteiger partial charge in [-0.3, -0.25) is 14.9 Å². The van der Waals surface area contributed by atoms with Crippen molar-refractivity contribution in [1.29, 1.82) is 0 Å². The van der Waals surface area contributed by atoms with Crippen LogP contribution in [0.1, 0.15) is 17.3 Å². The number of anilines is 2. The molecule has 2 aromatic rings. The van der Waals surface area contributed by atoms with Crippen molar-refractivity contribution in [3.63, 3.8) is 0 Å². The molecule has 0 aromatic heterocycles. The lowest BCUT2D eigenvalue weighted by Gasteiger charge is -2.11. The first-order valence-corrected chi connectivity index (χ1v) is 8.11. The summed E-state index contributed by atoms with van der Waals surface area (Å²) < 4.78 is 10.3. The quantitative estimate of drug-likeness (QED) is 0.415. The van der Waals surface area contributed by atoms with Crippen LogP contribution in [0, 0.1) is 10.1 Å². The highest BCUT2D eigenvalue weighted by Gasteiger charge is 2.18. The Bertz CT molecular complexity index is 853. The summed E-state index contributed by atoms with van der Waals surface area (Å²) in [5.74, 6) is -0.899. The first-order valence-electron chi connectivity index (χ1n) is 8.11. The van der Waals surface area contributed by atoms with E-state index >= 15 is 0 Å². The lowest BCUT2D eigenvalue weighted by molar-refractivity contribution is -0.384. The van der Waals surface area contributed by atoms with Crippen LogP contribution in [-0.2, 0) is 9.53 Å². The van der Waals surface area contributed by atoms with Crippen LogP contribution in [0.3, 0.4) is 0 Å². The smallest absolute Gasteiger partial charge is 0.338 e. The molecule has 0 unspecified atom stereocenters. The molecule has 1 amide bonds. The predicted octanol–water partition coefficient (Wildman–Crippen LogP) is 2.83. The molecule has 2 aromatic carbocycles. The lowest BCUT2D eigenvalue weighted by Crippen LogP contribution is -2.21. The Morgan fingerprint density at radius 1 is 1.15 bits per heavy atom. The van der Waals surface area contributed by atoms with Crippen LogP contribution in [-0.4, -0.2) is 37.1 Å². The van der Waals surface area contributed by atoms with Crippen molar-refractivity contribution in [3.05, 3.63) is 58.1 Å². The average molecular weight is 373 g/mol. The summed E-state index contributed by atoms with van der Waals surface area (Å²) in [6.45, 7) is 1.71. The predicted molar refractivity (Wildman–Crippen MR) is 99.2 cm³/mol. The van der Waals surface area contributed by atoms with Gasteiger partial charge in [0.1, 0.15) is 11.4 Å². The van der Waals surface area contributed by atoms with Crippen molar-refractivity contribution < 1.29 is 24.0 Å². The molecule has 0 saturated heterocycles. The zero-order chi connectivity index (χ0) is 19.8. The van der Waals surface area contributed by atoms with E-state index in [9.17, 15) is 19.7 Å². The number of benzene rings is 2. The highest BCUT2D eigenvalue weighted by atomic mass is 16.6. The van der Waals surface area contributed by atoms with Crippen molar-refractivity contribution in [2.24, 2.45) is 0 Å². The number of hydrogen-bond donors (Lipinski definition) is 2. The fourth-order valence-corrected chi connectivity index (χ4v) is 2.27. The number of para-hydroxylation sites is 2. The van der Waals surface area contributed by atoms with E-state index < -0.39 is 23.4 Å². The molecule has 2 rings (SSSR count). The number of amides is 1. The van der Waals surface area contributed by atoms with Gasteiger partial charge in [0.25, 0.3) is 11.6 Å². The average Bonchev–Trinajstić information content (AvgIpc) is 2.67. The van der Waals surface area contributed by atoms with Gasteiger partial charge in [0.15, 0.2) is 6.61 Å². The van der Waals surface area contributed by atoms with Crippen LogP contribution >= 0.6 is 0 Å². The first kappa shape index (κ1) is 19.7. The van der Waals surface area contributed by atoms with Gasteiger partial charge in [-0.25, -0.2) is 4.79 Å². The normalized spacial score (nSPS) is 10.0. The molecule has 9 heteroatoms. The molecule has 0 aliphatic rings. The van der Waals surface area contributed by atoms with Crippen LogP contribution in [0.4, 0.5) is 17.1 Å². The van der Waals surface area contributed by atoms with Gasteiger partial charge in [-0.1, -0.05) is 12.1 Å². The van der Waals surface area contributed by atoms with Gasteiger partial charge in [-0.15, -0.1) is 0 Å². The highest BCUT2D eigenvalue weighted by Crippen LogP contribution is 2.26. The Morgan fingerprint density at radius 2 is 1.89 bits per heavy atom. The fraction of sp³-hybridized carbons (Fsp3) is 0.222. The monoisotopic (exact) mass is 373 g/mol. The Labute approximate surface area is 155 Å². The molecule has 0 spiro atoms. The Kier molecular flexibility index (Phi) is 6.70. The third kappa shape index (κ3) is 5.18. The standard InChI is InChI=1S/C18H19N3O6/c1-3-26-16-7-5-4-6-14(16)20-17(22)11-27-18(23)12-8-9-13(19-2)15(10-12)21(24)25/h4-10,19H,3,11H2,1-2H3,(H,20,22). The third-order valence-electron chi connectivity index (χ3n) is 3.49. The zero-order valence-electron chi connectivity index (χ0n) is 14.9. The SMILES string of the molecule is CCOc1ccccc1NC(=O)COC(=O)c1ccc(NC)c([N+](=O)[O-])c1. The minimum absolute atomic E-state index is 0.0248. The molecule has 0 radical (unpaired) electrons. The molecule has 0 bridgehead atoms. The first-order chi connectivity index (χ1) is 13.0. The second-order valence-corrected chi connectivity index (χ2v) is 5.29. The summed E-state index contributed by atoms with van der Waals surface area (Å²) in [5.41, 5.74) is 0.432. The number of carbonyl (C=O) groups is 2. The number of ether oxygens (including phenoxy) is 2. The summed E-state index contributed by atoms with van der Waals surface area (Å²) in [6, 6.07) is 10.7. The molecule has 2 N–H and O–H groups in total. The van der Waals surface area contributed by atoms with Crippen LogP contribution < -0.4 is 15.4 Å². The Morgan fingerprint density at radius 3 is 2.56 bits per heavy atom. The molecule has 0 atom stereocenters. The second-order valence-electron chi connectivity index (χ2n) is 5.29. The molecule has 0 saturated carbocycles. The van der Waals surface area contributed by atoms with Gasteiger partial charge >= 0.3 is 5.97 Å². The van der Waals surface area contributed by atoms with Gasteiger partial charge in [-0.2, -0.15) is 0 Å². The Balaban J connectivity index is 2.00. The number of nitrogens with one attached hydrogen (secondary N) is 2. The van der Waals surface area contributed by atoms with E-state index in [1.165, 1.54) is 19.2 Å². The minimum atomic E-state index is -0.839. The van der Waals surface area contributed by atoms with Crippen molar-refractivity contribution >= 4 is 28.9 Å². The van der Waals surface area contributed by atoms with Crippen LogP contribution in [0.15, 0.2) is 42.5 Å². The van der Waals surface area contributed by atoms with Crippen LogP contribution in [0.5, 0.6) is 5.75 Å². The maximum atomic E-state index is 12.1. The van der Waals surface area contributed by atoms with E-state index in [0.717, 1.165) is 6.07 Å². The fourth-order valence-electron chi connectivity index (χ4n) is 2.27.